The lowest BCUT2D eigenvalue weighted by atomic mass is 9.90. The third-order valence-electron chi connectivity index (χ3n) is 24.6. The molecule has 15 nitrogen and oxygen atoms in total. The lowest BCUT2D eigenvalue weighted by Gasteiger charge is -2.15. The molecule has 138 heavy (non-hydrogen) atoms. The van der Waals surface area contributed by atoms with E-state index < -0.39 is 12.7 Å². The molecule has 8 aromatic heterocycles. The molecule has 0 aliphatic rings. The van der Waals surface area contributed by atoms with Crippen LogP contribution in [0.5, 0.6) is 11.5 Å². The van der Waals surface area contributed by atoms with Crippen LogP contribution in [0.2, 0.25) is 0 Å². The summed E-state index contributed by atoms with van der Waals surface area (Å²) in [5.41, 5.74) is 35.2. The van der Waals surface area contributed by atoms with Crippen molar-refractivity contribution in [1.29, 1.82) is 0 Å². The summed E-state index contributed by atoms with van der Waals surface area (Å²) in [7, 11) is 0. The number of hydrogen-bond acceptors (Lipinski definition) is 15. The zero-order valence-corrected chi connectivity index (χ0v) is 78.0. The first-order valence-electron chi connectivity index (χ1n) is 45.0. The van der Waals surface area contributed by atoms with Gasteiger partial charge in [-0.15, -0.1) is 26.3 Å². The van der Waals surface area contributed by atoms with Crippen LogP contribution in [0.1, 0.15) is 73.9 Å². The second-order valence-corrected chi connectivity index (χ2v) is 34.2. The number of aryl methyl sites for hydroxylation is 9. The highest BCUT2D eigenvalue weighted by Gasteiger charge is 2.32. The number of rotatable bonds is 14. The summed E-state index contributed by atoms with van der Waals surface area (Å²) in [6, 6.07) is 98.4. The van der Waals surface area contributed by atoms with Crippen LogP contribution in [0.4, 0.5) is 26.3 Å². The number of para-hydroxylation sites is 2. The summed E-state index contributed by atoms with van der Waals surface area (Å²) in [4.78, 5) is 55.2. The van der Waals surface area contributed by atoms with E-state index in [1.165, 1.54) is 75.6 Å². The van der Waals surface area contributed by atoms with Gasteiger partial charge in [0.2, 0.25) is 5.89 Å². The van der Waals surface area contributed by atoms with Crippen molar-refractivity contribution in [3.8, 4) is 146 Å². The monoisotopic (exact) mass is 1830 g/mol. The maximum atomic E-state index is 12.7. The fraction of sp³-hybridized carbons (Fsp3) is 0.128. The van der Waals surface area contributed by atoms with E-state index in [9.17, 15) is 26.3 Å². The van der Waals surface area contributed by atoms with Crippen LogP contribution in [-0.2, 0) is 0 Å². The lowest BCUT2D eigenvalue weighted by Crippen LogP contribution is -2.16. The Kier molecular flexibility index (Phi) is 25.8. The Morgan fingerprint density at radius 3 is 1.08 bits per heavy atom. The predicted octanol–water partition coefficient (Wildman–Crippen LogP) is 30.7. The maximum Gasteiger partial charge on any atom is 0.573 e. The molecule has 21 rings (SSSR count). The van der Waals surface area contributed by atoms with E-state index in [2.05, 4.69) is 270 Å². The number of halogens is 6. The van der Waals surface area contributed by atoms with Crippen LogP contribution in [0, 0.1) is 90.0 Å². The van der Waals surface area contributed by atoms with Crippen LogP contribution in [0.25, 0.3) is 189 Å². The molecule has 0 amide bonds. The molecule has 0 aliphatic carbocycles. The maximum absolute atomic E-state index is 12.7. The molecule has 0 bridgehead atoms. The summed E-state index contributed by atoms with van der Waals surface area (Å²) >= 11 is 0. The summed E-state index contributed by atoms with van der Waals surface area (Å²) in [5, 5.41) is 7.20. The molecule has 0 unspecified atom stereocenters. The number of pyridine rings is 3. The Balaban J connectivity index is 0.000000124. The van der Waals surface area contributed by atoms with Gasteiger partial charge in [-0.05, 0) is 321 Å². The van der Waals surface area contributed by atoms with Crippen molar-refractivity contribution in [2.75, 3.05) is 0 Å². The number of fused-ring (bicyclic) bond motifs is 7. The molecule has 0 saturated carbocycles. The van der Waals surface area contributed by atoms with E-state index in [0.717, 1.165) is 202 Å². The van der Waals surface area contributed by atoms with Gasteiger partial charge in [0.15, 0.2) is 5.58 Å². The first-order valence-corrected chi connectivity index (χ1v) is 45.0. The van der Waals surface area contributed by atoms with Gasteiger partial charge in [0.1, 0.15) is 40.3 Å². The molecule has 0 radical (unpaired) electrons. The van der Waals surface area contributed by atoms with Gasteiger partial charge in [0.05, 0.1) is 39.5 Å². The van der Waals surface area contributed by atoms with Gasteiger partial charge in [-0.2, -0.15) is 0 Å². The molecule has 21 heteroatoms. The first kappa shape index (κ1) is 91.8. The van der Waals surface area contributed by atoms with Gasteiger partial charge in [-0.25, -0.2) is 44.9 Å². The van der Waals surface area contributed by atoms with Crippen LogP contribution in [0.3, 0.4) is 0 Å². The average molecular weight is 1830 g/mol. The fourth-order valence-corrected chi connectivity index (χ4v) is 17.3. The molecule has 21 aromatic rings. The number of ether oxygens (including phenoxy) is 2. The quantitative estimate of drug-likeness (QED) is 0.0739. The largest absolute Gasteiger partial charge is 0.573 e. The van der Waals surface area contributed by atoms with Gasteiger partial charge in [0.25, 0.3) is 0 Å². The number of benzene rings is 13. The number of nitrogens with zero attached hydrogens (tertiary/aromatic N) is 12. The van der Waals surface area contributed by atoms with Crippen LogP contribution in [-0.4, -0.2) is 72.5 Å². The van der Waals surface area contributed by atoms with Crippen LogP contribution in [0.15, 0.2) is 326 Å². The van der Waals surface area contributed by atoms with E-state index in [4.69, 9.17) is 14.4 Å². The number of aromatic nitrogens is 12. The highest BCUT2D eigenvalue weighted by atomic mass is 19.4. The zero-order valence-electron chi connectivity index (χ0n) is 78.0. The Hall–Kier alpha value is -16.7. The number of oxazole rings is 1. The Bertz CT molecular complexity index is 8050. The molecule has 680 valence electrons. The van der Waals surface area contributed by atoms with E-state index in [0.29, 0.717) is 34.0 Å². The summed E-state index contributed by atoms with van der Waals surface area (Å²) < 4.78 is 89.8. The van der Waals surface area contributed by atoms with Crippen molar-refractivity contribution >= 4 is 54.5 Å². The van der Waals surface area contributed by atoms with Crippen molar-refractivity contribution in [2.24, 2.45) is 0 Å². The second kappa shape index (κ2) is 38.7. The predicted molar refractivity (Wildman–Crippen MR) is 539 cm³/mol. The van der Waals surface area contributed by atoms with Crippen molar-refractivity contribution in [3.05, 3.63) is 396 Å². The summed E-state index contributed by atoms with van der Waals surface area (Å²) in [6.45, 7) is 26.0. The Morgan fingerprint density at radius 1 is 0.254 bits per heavy atom. The second-order valence-electron chi connectivity index (χ2n) is 34.2. The molecular weight excluding hydrogens is 1740 g/mol. The summed E-state index contributed by atoms with van der Waals surface area (Å²) in [5.74, 6) is 2.98. The van der Waals surface area contributed by atoms with Gasteiger partial charge in [-0.3, -0.25) is 15.0 Å². The molecule has 8 heterocycles. The highest BCUT2D eigenvalue weighted by molar-refractivity contribution is 6.14. The van der Waals surface area contributed by atoms with Crippen LogP contribution >= 0.6 is 0 Å². The van der Waals surface area contributed by atoms with Gasteiger partial charge in [-0.1, -0.05) is 188 Å². The van der Waals surface area contributed by atoms with Crippen molar-refractivity contribution in [1.82, 2.24) is 59.8 Å². The van der Waals surface area contributed by atoms with Crippen LogP contribution < -0.4 is 9.47 Å². The third-order valence-corrected chi connectivity index (χ3v) is 24.6. The average Bonchev–Trinajstić information content (AvgIpc) is 0.837. The Morgan fingerprint density at radius 2 is 0.609 bits per heavy atom. The van der Waals surface area contributed by atoms with Crippen molar-refractivity contribution in [2.45, 2.75) is 103 Å². The SMILES string of the molecule is Cc1ccc(-c2cc(-c3nc(C)nc(C)c3C)cc(-c3cc4ccccc4c4ccccc34)c2)nc1.Cc1nc(C)c(C)c(-c2ccc(-c3cc(-c4ccc(OC(F)(F)F)cc4)cc(-c4ccc(OC(F)(F)F)cc4)c3)cc2)n1.Cc1nc(C)c(C)c(-c2ccc(-c3cc4cccnc4c4ncccc34)cc2)n1.Cc1nc(C)c(C)c(-c2ccc(-c3ccc(-c4nc5ccccc5o4)cc3)cc2)n1. The van der Waals surface area contributed by atoms with E-state index in [1.807, 2.05) is 153 Å². The lowest BCUT2D eigenvalue weighted by molar-refractivity contribution is -0.275. The van der Waals surface area contributed by atoms with Gasteiger partial charge < -0.3 is 13.9 Å². The van der Waals surface area contributed by atoms with Crippen molar-refractivity contribution < 1.29 is 40.2 Å². The van der Waals surface area contributed by atoms with Gasteiger partial charge >= 0.3 is 12.7 Å². The number of hydrogen-bond donors (Lipinski definition) is 0. The zero-order chi connectivity index (χ0) is 96.4. The molecular formula is C117H92F6N12O3. The molecule has 0 N–H and O–H groups in total. The minimum Gasteiger partial charge on any atom is -0.436 e. The van der Waals surface area contributed by atoms with Crippen molar-refractivity contribution in [3.63, 3.8) is 0 Å². The first-order chi connectivity index (χ1) is 66.4. The third kappa shape index (κ3) is 20.4. The minimum absolute atomic E-state index is 0.353. The molecule has 0 spiro atoms. The topological polar surface area (TPSA) is 186 Å². The molecule has 0 atom stereocenters. The molecule has 0 fully saturated rings. The van der Waals surface area contributed by atoms with Gasteiger partial charge in [0, 0.05) is 85.5 Å². The number of alkyl halides is 6. The smallest absolute Gasteiger partial charge is 0.436 e. The van der Waals surface area contributed by atoms with E-state index in [1.54, 1.807) is 0 Å². The fourth-order valence-electron chi connectivity index (χ4n) is 17.3. The molecule has 0 aliphatic heterocycles. The van der Waals surface area contributed by atoms with E-state index in [-0.39, 0.29) is 11.5 Å². The van der Waals surface area contributed by atoms with E-state index >= 15 is 0 Å². The normalized spacial score (nSPS) is 11.4. The Labute approximate surface area is 794 Å². The minimum atomic E-state index is -4.82. The highest BCUT2D eigenvalue weighted by Crippen LogP contribution is 2.43. The molecule has 0 saturated heterocycles. The molecule has 13 aromatic carbocycles. The standard InChI is InChI=1S/C33H24F6N2O2.C33H27N3.C26H21N3O.C25H20N4/c1-19-20(2)40-21(3)41-31(19)25-6-4-22(5-7-25)26-16-27(23-8-12-29(13-9-23)42-32(34,35)36)18-28(17-26)24-10-14-30(15-11-24)43-33(37,38)39;1-20-13-14-32(34-19-20)26-15-25(16-27(17-26)33-21(2)22(3)35-23(4)36-33)31-18-24-9-5-6-10-28(24)29-11-7-8-12-30(29)31;1-16-17(2)27-18(3)28-25(16)21-12-8-19(9-13-21)20-10-14-22(15-11-20)26-29-23-6-4-5-7-24(23)30-26;1-15-16(2)28-17(3)29-23(15)19-10-8-18(9-11-19)22-14-20-6-4-12-26-24(20)25-21(22)7-5-13-27-25/h4-18H,1-3H3;5-19H,1-4H3;4-15H,1-3H3;4-14H,1-3H3. The summed E-state index contributed by atoms with van der Waals surface area (Å²) in [6.07, 6.45) is -4.06.